The van der Waals surface area contributed by atoms with Crippen LogP contribution >= 0.6 is 11.8 Å². The molecule has 2 aromatic rings. The van der Waals surface area contributed by atoms with Crippen LogP contribution in [0.25, 0.3) is 0 Å². The summed E-state index contributed by atoms with van der Waals surface area (Å²) in [5, 5.41) is 5.20. The highest BCUT2D eigenvalue weighted by molar-refractivity contribution is 8.01. The lowest BCUT2D eigenvalue weighted by Gasteiger charge is -2.22. The Morgan fingerprint density at radius 3 is 2.72 bits per heavy atom. The molecule has 2 N–H and O–H groups in total. The van der Waals surface area contributed by atoms with Crippen LogP contribution in [0.3, 0.4) is 0 Å². The maximum atomic E-state index is 12.8. The van der Waals surface area contributed by atoms with Gasteiger partial charge in [0.1, 0.15) is 5.75 Å². The number of benzene rings is 2. The van der Waals surface area contributed by atoms with E-state index in [1.54, 1.807) is 44.2 Å². The Labute approximate surface area is 174 Å². The highest BCUT2D eigenvalue weighted by Gasteiger charge is 2.27. The minimum atomic E-state index is -3.73. The number of anilines is 2. The van der Waals surface area contributed by atoms with Crippen molar-refractivity contribution in [1.82, 2.24) is 0 Å². The number of fused-ring (bicyclic) bond motifs is 1. The first-order valence-electron chi connectivity index (χ1n) is 8.99. The Bertz CT molecular complexity index is 1050. The predicted molar refractivity (Wildman–Crippen MR) is 113 cm³/mol. The van der Waals surface area contributed by atoms with Crippen molar-refractivity contribution in [2.75, 3.05) is 23.5 Å². The van der Waals surface area contributed by atoms with Crippen molar-refractivity contribution in [3.8, 4) is 5.75 Å². The molecule has 154 valence electrons. The first-order valence-corrected chi connectivity index (χ1v) is 11.5. The van der Waals surface area contributed by atoms with E-state index in [0.717, 1.165) is 4.90 Å². The highest BCUT2D eigenvalue weighted by Crippen LogP contribution is 2.37. The molecule has 0 aromatic heterocycles. The third-order valence-corrected chi connectivity index (χ3v) is 7.61. The molecule has 1 heterocycles. The zero-order valence-corrected chi connectivity index (χ0v) is 17.9. The van der Waals surface area contributed by atoms with Gasteiger partial charge in [-0.05, 0) is 37.3 Å². The van der Waals surface area contributed by atoms with E-state index in [9.17, 15) is 18.0 Å². The molecule has 9 heteroatoms. The predicted octanol–water partition coefficient (Wildman–Crippen LogP) is 3.18. The van der Waals surface area contributed by atoms with Crippen molar-refractivity contribution < 1.29 is 22.7 Å². The van der Waals surface area contributed by atoms with Gasteiger partial charge in [-0.1, -0.05) is 19.1 Å². The zero-order valence-electron chi connectivity index (χ0n) is 16.3. The summed E-state index contributed by atoms with van der Waals surface area (Å²) in [6, 6.07) is 11.6. The molecule has 0 fully saturated rings. The standard InChI is InChI=1S/C20H22N2O5S2/c1-12(19(23)21-15-6-4-5-7-17(15)27-3)11-29(25,26)14-8-9-18-16(10-14)22-20(24)13(2)28-18/h4-10,12-13H,11H2,1-3H3,(H,21,23)(H,22,24)/t12-,13-/m1/s1. The third kappa shape index (κ3) is 4.73. The number of hydrogen-bond acceptors (Lipinski definition) is 6. The molecule has 1 aliphatic rings. The average molecular weight is 435 g/mol. The van der Waals surface area contributed by atoms with Gasteiger partial charge in [0.05, 0.1) is 34.4 Å². The minimum Gasteiger partial charge on any atom is -0.495 e. The smallest absolute Gasteiger partial charge is 0.237 e. The quantitative estimate of drug-likeness (QED) is 0.724. The molecule has 2 atom stereocenters. The van der Waals surface area contributed by atoms with Crippen LogP contribution in [0.15, 0.2) is 52.3 Å². The number of amides is 2. The molecule has 7 nitrogen and oxygen atoms in total. The maximum Gasteiger partial charge on any atom is 0.237 e. The fourth-order valence-electron chi connectivity index (χ4n) is 2.89. The summed E-state index contributed by atoms with van der Waals surface area (Å²) < 4.78 is 30.9. The number of thioether (sulfide) groups is 1. The molecule has 0 spiro atoms. The molecule has 1 aliphatic heterocycles. The van der Waals surface area contributed by atoms with Gasteiger partial charge in [-0.3, -0.25) is 9.59 Å². The molecule has 0 unspecified atom stereocenters. The number of hydrogen-bond donors (Lipinski definition) is 2. The number of carbonyl (C=O) groups is 2. The number of methoxy groups -OCH3 is 1. The molecule has 0 saturated heterocycles. The van der Waals surface area contributed by atoms with E-state index >= 15 is 0 Å². The minimum absolute atomic E-state index is 0.0728. The van der Waals surface area contributed by atoms with Gasteiger partial charge in [0.25, 0.3) is 0 Å². The number of ether oxygens (including phenoxy) is 1. The van der Waals surface area contributed by atoms with Gasteiger partial charge in [-0.2, -0.15) is 0 Å². The fourth-order valence-corrected chi connectivity index (χ4v) is 5.39. The van der Waals surface area contributed by atoms with Gasteiger partial charge >= 0.3 is 0 Å². The molecule has 0 saturated carbocycles. The lowest BCUT2D eigenvalue weighted by molar-refractivity contribution is -0.119. The zero-order chi connectivity index (χ0) is 21.2. The summed E-state index contributed by atoms with van der Waals surface area (Å²) in [6.07, 6.45) is 0. The van der Waals surface area contributed by atoms with Crippen molar-refractivity contribution in [1.29, 1.82) is 0 Å². The van der Waals surface area contributed by atoms with E-state index in [1.165, 1.54) is 31.0 Å². The van der Waals surface area contributed by atoms with Crippen LogP contribution in [0.5, 0.6) is 5.75 Å². The van der Waals surface area contributed by atoms with E-state index in [4.69, 9.17) is 4.74 Å². The van der Waals surface area contributed by atoms with Crippen molar-refractivity contribution in [3.05, 3.63) is 42.5 Å². The molecule has 29 heavy (non-hydrogen) atoms. The Morgan fingerprint density at radius 1 is 1.28 bits per heavy atom. The molecular formula is C20H22N2O5S2. The molecular weight excluding hydrogens is 412 g/mol. The van der Waals surface area contributed by atoms with E-state index in [-0.39, 0.29) is 21.8 Å². The van der Waals surface area contributed by atoms with Gasteiger partial charge in [0.2, 0.25) is 11.8 Å². The normalized spacial score (nSPS) is 17.1. The van der Waals surface area contributed by atoms with Crippen LogP contribution < -0.4 is 15.4 Å². The van der Waals surface area contributed by atoms with Crippen LogP contribution in [-0.4, -0.2) is 38.3 Å². The first-order chi connectivity index (χ1) is 13.7. The molecule has 2 aromatic carbocycles. The molecule has 0 radical (unpaired) electrons. The lowest BCUT2D eigenvalue weighted by atomic mass is 10.2. The summed E-state index contributed by atoms with van der Waals surface area (Å²) in [4.78, 5) is 25.3. The Balaban J connectivity index is 1.74. The number of carbonyl (C=O) groups excluding carboxylic acids is 2. The summed E-state index contributed by atoms with van der Waals surface area (Å²) in [7, 11) is -2.24. The largest absolute Gasteiger partial charge is 0.495 e. The maximum absolute atomic E-state index is 12.8. The van der Waals surface area contributed by atoms with Crippen molar-refractivity contribution in [2.45, 2.75) is 28.9 Å². The second-order valence-corrected chi connectivity index (χ2v) is 10.2. The van der Waals surface area contributed by atoms with Crippen LogP contribution in [-0.2, 0) is 19.4 Å². The molecule has 2 amide bonds. The van der Waals surface area contributed by atoms with Gasteiger partial charge in [-0.25, -0.2) is 8.42 Å². The molecule has 0 aliphatic carbocycles. The van der Waals surface area contributed by atoms with Crippen molar-refractivity contribution >= 4 is 44.8 Å². The number of para-hydroxylation sites is 2. The monoisotopic (exact) mass is 434 g/mol. The van der Waals surface area contributed by atoms with Gasteiger partial charge in [0.15, 0.2) is 9.84 Å². The van der Waals surface area contributed by atoms with E-state index in [2.05, 4.69) is 10.6 Å². The molecule has 0 bridgehead atoms. The van der Waals surface area contributed by atoms with Crippen LogP contribution in [0.2, 0.25) is 0 Å². The highest BCUT2D eigenvalue weighted by atomic mass is 32.2. The Kier molecular flexibility index (Phi) is 6.18. The summed E-state index contributed by atoms with van der Waals surface area (Å²) in [6.45, 7) is 3.34. The van der Waals surface area contributed by atoms with Gasteiger partial charge in [-0.15, -0.1) is 11.8 Å². The van der Waals surface area contributed by atoms with E-state index in [1.807, 2.05) is 0 Å². The molecule has 3 rings (SSSR count). The van der Waals surface area contributed by atoms with E-state index < -0.39 is 21.7 Å². The second kappa shape index (κ2) is 8.46. The van der Waals surface area contributed by atoms with Gasteiger partial charge in [0, 0.05) is 10.8 Å². The topological polar surface area (TPSA) is 102 Å². The summed E-state index contributed by atoms with van der Waals surface area (Å²) >= 11 is 1.38. The SMILES string of the molecule is COc1ccccc1NC(=O)[C@H](C)CS(=O)(=O)c1ccc2c(c1)NC(=O)[C@@H](C)S2. The Morgan fingerprint density at radius 2 is 2.00 bits per heavy atom. The first kappa shape index (κ1) is 21.2. The van der Waals surface area contributed by atoms with E-state index in [0.29, 0.717) is 17.1 Å². The van der Waals surface area contributed by atoms with Crippen LogP contribution in [0.4, 0.5) is 11.4 Å². The average Bonchev–Trinajstić information content (AvgIpc) is 2.68. The van der Waals surface area contributed by atoms with Crippen LogP contribution in [0.1, 0.15) is 13.8 Å². The third-order valence-electron chi connectivity index (χ3n) is 4.52. The number of rotatable bonds is 6. The fraction of sp³-hybridized carbons (Fsp3) is 0.300. The second-order valence-electron chi connectivity index (χ2n) is 6.78. The van der Waals surface area contributed by atoms with Crippen LogP contribution in [0, 0.1) is 5.92 Å². The number of nitrogens with one attached hydrogen (secondary N) is 2. The number of sulfone groups is 1. The summed E-state index contributed by atoms with van der Waals surface area (Å²) in [5.74, 6) is -1.24. The Hall–Kier alpha value is -2.52. The van der Waals surface area contributed by atoms with Crippen molar-refractivity contribution in [2.24, 2.45) is 5.92 Å². The van der Waals surface area contributed by atoms with Gasteiger partial charge < -0.3 is 15.4 Å². The summed E-state index contributed by atoms with van der Waals surface area (Å²) in [5.41, 5.74) is 0.956. The van der Waals surface area contributed by atoms with Crippen molar-refractivity contribution in [3.63, 3.8) is 0 Å². The lowest BCUT2D eigenvalue weighted by Crippen LogP contribution is -2.28.